The highest BCUT2D eigenvalue weighted by atomic mass is 15.1. The quantitative estimate of drug-likeness (QED) is 0.813. The standard InChI is InChI=1S/C14H23N3/c1-17(14(11-15)13-3-2-4-13)10-7-12-5-8-16-9-6-12/h5-6,8-9,13-14H,2-4,7,10-11,15H2,1H3. The molecule has 0 aromatic carbocycles. The lowest BCUT2D eigenvalue weighted by Crippen LogP contribution is -2.46. The average Bonchev–Trinajstić information content (AvgIpc) is 2.31. The van der Waals surface area contributed by atoms with Crippen molar-refractivity contribution in [3.05, 3.63) is 30.1 Å². The van der Waals surface area contributed by atoms with Gasteiger partial charge in [0.05, 0.1) is 0 Å². The first-order chi connectivity index (χ1) is 8.31. The van der Waals surface area contributed by atoms with Crippen LogP contribution in [-0.2, 0) is 6.42 Å². The average molecular weight is 233 g/mol. The Morgan fingerprint density at radius 2 is 2.12 bits per heavy atom. The van der Waals surface area contributed by atoms with Gasteiger partial charge in [0.1, 0.15) is 0 Å². The summed E-state index contributed by atoms with van der Waals surface area (Å²) < 4.78 is 0. The predicted octanol–water partition coefficient (Wildman–Crippen LogP) is 1.68. The molecular weight excluding hydrogens is 210 g/mol. The molecule has 0 saturated heterocycles. The Bertz CT molecular complexity index is 321. The second-order valence-corrected chi connectivity index (χ2v) is 5.08. The van der Waals surface area contributed by atoms with Gasteiger partial charge < -0.3 is 10.6 Å². The van der Waals surface area contributed by atoms with Gasteiger partial charge in [-0.15, -0.1) is 0 Å². The number of pyridine rings is 1. The fourth-order valence-corrected chi connectivity index (χ4v) is 2.58. The largest absolute Gasteiger partial charge is 0.329 e. The zero-order chi connectivity index (χ0) is 12.1. The van der Waals surface area contributed by atoms with Gasteiger partial charge in [0.25, 0.3) is 0 Å². The molecule has 2 rings (SSSR count). The van der Waals surface area contributed by atoms with Gasteiger partial charge in [-0.05, 0) is 49.9 Å². The number of aromatic nitrogens is 1. The van der Waals surface area contributed by atoms with E-state index in [1.165, 1.54) is 24.8 Å². The van der Waals surface area contributed by atoms with Crippen LogP contribution in [0.25, 0.3) is 0 Å². The zero-order valence-electron chi connectivity index (χ0n) is 10.7. The van der Waals surface area contributed by atoms with Crippen LogP contribution in [0, 0.1) is 5.92 Å². The molecule has 3 nitrogen and oxygen atoms in total. The molecule has 1 unspecified atom stereocenters. The molecule has 0 amide bonds. The Hall–Kier alpha value is -0.930. The minimum Gasteiger partial charge on any atom is -0.329 e. The number of rotatable bonds is 6. The van der Waals surface area contributed by atoms with Gasteiger partial charge in [0.15, 0.2) is 0 Å². The van der Waals surface area contributed by atoms with Crippen LogP contribution in [0.2, 0.25) is 0 Å². The Labute approximate surface area is 104 Å². The molecule has 1 saturated carbocycles. The van der Waals surface area contributed by atoms with E-state index in [4.69, 9.17) is 5.73 Å². The first-order valence-electron chi connectivity index (χ1n) is 6.60. The number of hydrogen-bond acceptors (Lipinski definition) is 3. The van der Waals surface area contributed by atoms with Crippen molar-refractivity contribution in [2.24, 2.45) is 11.7 Å². The highest BCUT2D eigenvalue weighted by molar-refractivity contribution is 5.10. The predicted molar refractivity (Wildman–Crippen MR) is 70.8 cm³/mol. The van der Waals surface area contributed by atoms with Crippen molar-refractivity contribution in [2.45, 2.75) is 31.7 Å². The summed E-state index contributed by atoms with van der Waals surface area (Å²) in [5.74, 6) is 0.836. The molecule has 1 aliphatic carbocycles. The topological polar surface area (TPSA) is 42.2 Å². The summed E-state index contributed by atoms with van der Waals surface area (Å²) in [6.07, 6.45) is 8.92. The van der Waals surface area contributed by atoms with Gasteiger partial charge in [-0.25, -0.2) is 0 Å². The summed E-state index contributed by atoms with van der Waals surface area (Å²) in [7, 11) is 2.21. The van der Waals surface area contributed by atoms with Crippen LogP contribution in [0.4, 0.5) is 0 Å². The van der Waals surface area contributed by atoms with E-state index >= 15 is 0 Å². The molecule has 1 aromatic heterocycles. The minimum atomic E-state index is 0.575. The smallest absolute Gasteiger partial charge is 0.0270 e. The van der Waals surface area contributed by atoms with Crippen LogP contribution in [0.5, 0.6) is 0 Å². The molecule has 1 atom stereocenters. The SMILES string of the molecule is CN(CCc1ccncc1)C(CN)C1CCC1. The molecule has 1 aromatic rings. The fourth-order valence-electron chi connectivity index (χ4n) is 2.58. The Morgan fingerprint density at radius 1 is 1.41 bits per heavy atom. The van der Waals surface area contributed by atoms with Gasteiger partial charge in [-0.1, -0.05) is 6.42 Å². The minimum absolute atomic E-state index is 0.575. The molecule has 0 spiro atoms. The van der Waals surface area contributed by atoms with E-state index in [9.17, 15) is 0 Å². The third-order valence-electron chi connectivity index (χ3n) is 4.00. The number of likely N-dealkylation sites (N-methyl/N-ethyl adjacent to an activating group) is 1. The van der Waals surface area contributed by atoms with Gasteiger partial charge in [-0.3, -0.25) is 4.98 Å². The van der Waals surface area contributed by atoms with E-state index in [0.29, 0.717) is 6.04 Å². The lowest BCUT2D eigenvalue weighted by molar-refractivity contribution is 0.125. The fraction of sp³-hybridized carbons (Fsp3) is 0.643. The van der Waals surface area contributed by atoms with Crippen molar-refractivity contribution in [1.29, 1.82) is 0 Å². The molecule has 1 heterocycles. The molecule has 0 aliphatic heterocycles. The molecule has 3 heteroatoms. The summed E-state index contributed by atoms with van der Waals surface area (Å²) in [5, 5.41) is 0. The first-order valence-corrected chi connectivity index (χ1v) is 6.60. The lowest BCUT2D eigenvalue weighted by Gasteiger charge is -2.38. The van der Waals surface area contributed by atoms with Gasteiger partial charge in [0.2, 0.25) is 0 Å². The van der Waals surface area contributed by atoms with Crippen molar-refractivity contribution in [3.8, 4) is 0 Å². The van der Waals surface area contributed by atoms with Crippen molar-refractivity contribution < 1.29 is 0 Å². The van der Waals surface area contributed by atoms with E-state index < -0.39 is 0 Å². The number of hydrogen-bond donors (Lipinski definition) is 1. The van der Waals surface area contributed by atoms with E-state index in [1.807, 2.05) is 12.4 Å². The number of nitrogens with zero attached hydrogens (tertiary/aromatic N) is 2. The zero-order valence-corrected chi connectivity index (χ0v) is 10.7. The summed E-state index contributed by atoms with van der Waals surface area (Å²) >= 11 is 0. The molecular formula is C14H23N3. The van der Waals surface area contributed by atoms with E-state index in [-0.39, 0.29) is 0 Å². The maximum Gasteiger partial charge on any atom is 0.0270 e. The van der Waals surface area contributed by atoms with Gasteiger partial charge >= 0.3 is 0 Å². The van der Waals surface area contributed by atoms with Crippen molar-refractivity contribution in [3.63, 3.8) is 0 Å². The highest BCUT2D eigenvalue weighted by Gasteiger charge is 2.28. The lowest BCUT2D eigenvalue weighted by atomic mass is 9.79. The molecule has 0 bridgehead atoms. The molecule has 94 valence electrons. The maximum atomic E-state index is 5.90. The summed E-state index contributed by atoms with van der Waals surface area (Å²) in [6.45, 7) is 1.87. The number of nitrogens with two attached hydrogens (primary N) is 1. The van der Waals surface area contributed by atoms with Crippen molar-refractivity contribution >= 4 is 0 Å². The second-order valence-electron chi connectivity index (χ2n) is 5.08. The third-order valence-corrected chi connectivity index (χ3v) is 4.00. The summed E-state index contributed by atoms with van der Waals surface area (Å²) in [6, 6.07) is 4.76. The van der Waals surface area contributed by atoms with Crippen molar-refractivity contribution in [2.75, 3.05) is 20.1 Å². The Morgan fingerprint density at radius 3 is 2.65 bits per heavy atom. The van der Waals surface area contributed by atoms with E-state index in [0.717, 1.165) is 25.4 Å². The first kappa shape index (κ1) is 12.5. The van der Waals surface area contributed by atoms with Crippen LogP contribution in [0.1, 0.15) is 24.8 Å². The Kier molecular flexibility index (Phi) is 4.51. The van der Waals surface area contributed by atoms with Crippen LogP contribution in [-0.4, -0.2) is 36.1 Å². The van der Waals surface area contributed by atoms with E-state index in [1.54, 1.807) is 0 Å². The third kappa shape index (κ3) is 3.27. The van der Waals surface area contributed by atoms with Crippen LogP contribution < -0.4 is 5.73 Å². The second kappa shape index (κ2) is 6.12. The summed E-state index contributed by atoms with van der Waals surface area (Å²) in [5.41, 5.74) is 7.26. The van der Waals surface area contributed by atoms with Crippen LogP contribution in [0.15, 0.2) is 24.5 Å². The Balaban J connectivity index is 1.81. The van der Waals surface area contributed by atoms with Crippen LogP contribution in [0.3, 0.4) is 0 Å². The molecule has 1 fully saturated rings. The highest BCUT2D eigenvalue weighted by Crippen LogP contribution is 2.31. The van der Waals surface area contributed by atoms with Crippen molar-refractivity contribution in [1.82, 2.24) is 9.88 Å². The monoisotopic (exact) mass is 233 g/mol. The molecule has 1 aliphatic rings. The van der Waals surface area contributed by atoms with Gasteiger partial charge in [0, 0.05) is 31.5 Å². The van der Waals surface area contributed by atoms with Gasteiger partial charge in [-0.2, -0.15) is 0 Å². The maximum absolute atomic E-state index is 5.90. The molecule has 17 heavy (non-hydrogen) atoms. The molecule has 0 radical (unpaired) electrons. The normalized spacial score (nSPS) is 18.1. The van der Waals surface area contributed by atoms with E-state index in [2.05, 4.69) is 29.1 Å². The van der Waals surface area contributed by atoms with Crippen LogP contribution >= 0.6 is 0 Å². The molecule has 2 N–H and O–H groups in total. The summed E-state index contributed by atoms with van der Waals surface area (Å²) in [4.78, 5) is 6.48.